The zero-order valence-electron chi connectivity index (χ0n) is 7.47. The molecule has 1 saturated heterocycles. The van der Waals surface area contributed by atoms with Crippen LogP contribution in [-0.4, -0.2) is 41.3 Å². The van der Waals surface area contributed by atoms with Crippen LogP contribution >= 0.6 is 0 Å². The molecule has 1 rings (SSSR count). The molecular weight excluding hydrogens is 176 g/mol. The van der Waals surface area contributed by atoms with Gasteiger partial charge in [-0.1, -0.05) is 0 Å². The molecule has 0 aromatic carbocycles. The Kier molecular flexibility index (Phi) is 3.65. The molecule has 5 nitrogen and oxygen atoms in total. The molecule has 0 saturated carbocycles. The maximum absolute atomic E-state index is 10.5. The van der Waals surface area contributed by atoms with Crippen molar-refractivity contribution in [1.82, 2.24) is 0 Å². The Hall–Kier alpha value is -0.650. The number of ether oxygens (including phenoxy) is 2. The fourth-order valence-electron chi connectivity index (χ4n) is 1.21. The van der Waals surface area contributed by atoms with E-state index in [0.29, 0.717) is 12.8 Å². The van der Waals surface area contributed by atoms with Crippen LogP contribution < -0.4 is 0 Å². The lowest BCUT2D eigenvalue weighted by atomic mass is 10.1. The minimum Gasteiger partial charge on any atom is -0.463 e. The van der Waals surface area contributed by atoms with Crippen LogP contribution in [0.25, 0.3) is 0 Å². The van der Waals surface area contributed by atoms with E-state index in [1.165, 1.54) is 6.92 Å². The van der Waals surface area contributed by atoms with E-state index < -0.39 is 24.5 Å². The van der Waals surface area contributed by atoms with Crippen molar-refractivity contribution in [3.05, 3.63) is 0 Å². The fourth-order valence-corrected chi connectivity index (χ4v) is 1.21. The maximum Gasteiger partial charge on any atom is 0.302 e. The molecule has 0 aromatic rings. The smallest absolute Gasteiger partial charge is 0.302 e. The minimum absolute atomic E-state index is 0.00639. The van der Waals surface area contributed by atoms with Crippen molar-refractivity contribution in [3.8, 4) is 0 Å². The molecule has 0 bridgehead atoms. The number of hydrogen-bond acceptors (Lipinski definition) is 5. The van der Waals surface area contributed by atoms with E-state index in [1.54, 1.807) is 0 Å². The zero-order chi connectivity index (χ0) is 9.84. The summed E-state index contributed by atoms with van der Waals surface area (Å²) in [7, 11) is 0. The molecule has 0 radical (unpaired) electrons. The number of carbonyl (C=O) groups excluding carboxylic acids is 1. The molecule has 1 aliphatic rings. The molecule has 3 atom stereocenters. The van der Waals surface area contributed by atoms with Gasteiger partial charge in [0.1, 0.15) is 12.7 Å². The topological polar surface area (TPSA) is 76.0 Å². The first-order chi connectivity index (χ1) is 6.09. The van der Waals surface area contributed by atoms with E-state index in [2.05, 4.69) is 4.74 Å². The summed E-state index contributed by atoms with van der Waals surface area (Å²) in [5.74, 6) is -0.420. The zero-order valence-corrected chi connectivity index (χ0v) is 7.47. The van der Waals surface area contributed by atoms with Crippen molar-refractivity contribution in [3.63, 3.8) is 0 Å². The van der Waals surface area contributed by atoms with E-state index >= 15 is 0 Å². The standard InChI is InChI=1S/C8H14O5/c1-5(9)12-4-7-6(10)2-3-8(11)13-7/h6-8,10-11H,2-4H2,1H3/t6-,7?,8?/m0/s1. The van der Waals surface area contributed by atoms with Gasteiger partial charge in [0, 0.05) is 13.3 Å². The molecule has 0 spiro atoms. The van der Waals surface area contributed by atoms with E-state index in [0.717, 1.165) is 0 Å². The first kappa shape index (κ1) is 10.4. The maximum atomic E-state index is 10.5. The third kappa shape index (κ3) is 3.30. The van der Waals surface area contributed by atoms with Crippen LogP contribution in [0.3, 0.4) is 0 Å². The molecule has 0 aromatic heterocycles. The SMILES string of the molecule is CC(=O)OCC1OC(O)CC[C@@H]1O. The van der Waals surface area contributed by atoms with Crippen LogP contribution in [0, 0.1) is 0 Å². The van der Waals surface area contributed by atoms with Gasteiger partial charge >= 0.3 is 5.97 Å². The molecule has 1 aliphatic heterocycles. The van der Waals surface area contributed by atoms with Gasteiger partial charge in [-0.3, -0.25) is 4.79 Å². The molecule has 0 aliphatic carbocycles. The fraction of sp³-hybridized carbons (Fsp3) is 0.875. The average molecular weight is 190 g/mol. The van der Waals surface area contributed by atoms with Crippen LogP contribution in [-0.2, 0) is 14.3 Å². The Bertz CT molecular complexity index is 181. The molecule has 76 valence electrons. The number of carbonyl (C=O) groups is 1. The van der Waals surface area contributed by atoms with Gasteiger partial charge in [-0.15, -0.1) is 0 Å². The van der Waals surface area contributed by atoms with Gasteiger partial charge in [-0.05, 0) is 6.42 Å². The van der Waals surface area contributed by atoms with Crippen molar-refractivity contribution in [2.75, 3.05) is 6.61 Å². The molecule has 1 fully saturated rings. The molecule has 1 heterocycles. The van der Waals surface area contributed by atoms with Crippen molar-refractivity contribution in [1.29, 1.82) is 0 Å². The lowest BCUT2D eigenvalue weighted by Gasteiger charge is -2.30. The van der Waals surface area contributed by atoms with Crippen molar-refractivity contribution < 1.29 is 24.5 Å². The highest BCUT2D eigenvalue weighted by molar-refractivity contribution is 5.65. The van der Waals surface area contributed by atoms with Gasteiger partial charge in [-0.2, -0.15) is 0 Å². The largest absolute Gasteiger partial charge is 0.463 e. The van der Waals surface area contributed by atoms with Crippen LogP contribution in [0.5, 0.6) is 0 Å². The number of aliphatic hydroxyl groups excluding tert-OH is 2. The molecule has 2 N–H and O–H groups in total. The summed E-state index contributed by atoms with van der Waals surface area (Å²) in [6.45, 7) is 1.28. The third-order valence-electron chi connectivity index (χ3n) is 1.92. The Balaban J connectivity index is 2.33. The second-order valence-electron chi connectivity index (χ2n) is 3.08. The van der Waals surface area contributed by atoms with Gasteiger partial charge in [-0.25, -0.2) is 0 Å². The lowest BCUT2D eigenvalue weighted by molar-refractivity contribution is -0.212. The van der Waals surface area contributed by atoms with Gasteiger partial charge in [0.25, 0.3) is 0 Å². The summed E-state index contributed by atoms with van der Waals surface area (Å²) in [6, 6.07) is 0. The molecule has 13 heavy (non-hydrogen) atoms. The molecule has 0 amide bonds. The Labute approximate surface area is 76.3 Å². The summed E-state index contributed by atoms with van der Waals surface area (Å²) in [4.78, 5) is 10.5. The first-order valence-corrected chi connectivity index (χ1v) is 4.24. The van der Waals surface area contributed by atoms with E-state index in [9.17, 15) is 9.90 Å². The normalized spacial score (nSPS) is 34.2. The number of esters is 1. The molecule has 5 heteroatoms. The highest BCUT2D eigenvalue weighted by Gasteiger charge is 2.29. The van der Waals surface area contributed by atoms with Crippen LogP contribution in [0.2, 0.25) is 0 Å². The van der Waals surface area contributed by atoms with Crippen LogP contribution in [0.15, 0.2) is 0 Å². The number of rotatable bonds is 2. The lowest BCUT2D eigenvalue weighted by Crippen LogP contribution is -2.41. The second kappa shape index (κ2) is 4.55. The Morgan fingerprint density at radius 3 is 2.85 bits per heavy atom. The van der Waals surface area contributed by atoms with Crippen molar-refractivity contribution in [2.24, 2.45) is 0 Å². The molecule has 2 unspecified atom stereocenters. The predicted molar refractivity (Wildman–Crippen MR) is 42.8 cm³/mol. The summed E-state index contributed by atoms with van der Waals surface area (Å²) in [5, 5.41) is 18.5. The summed E-state index contributed by atoms with van der Waals surface area (Å²) in [5.41, 5.74) is 0. The summed E-state index contributed by atoms with van der Waals surface area (Å²) < 4.78 is 9.64. The number of aliphatic hydroxyl groups is 2. The van der Waals surface area contributed by atoms with Crippen molar-refractivity contribution >= 4 is 5.97 Å². The highest BCUT2D eigenvalue weighted by Crippen LogP contribution is 2.18. The average Bonchev–Trinajstić information content (AvgIpc) is 2.06. The predicted octanol–water partition coefficient (Wildman–Crippen LogP) is -0.592. The van der Waals surface area contributed by atoms with Gasteiger partial charge in [0.05, 0.1) is 6.10 Å². The summed E-state index contributed by atoms with van der Waals surface area (Å²) >= 11 is 0. The van der Waals surface area contributed by atoms with Crippen LogP contribution in [0.4, 0.5) is 0 Å². The Morgan fingerprint density at radius 1 is 1.54 bits per heavy atom. The highest BCUT2D eigenvalue weighted by atomic mass is 16.6. The van der Waals surface area contributed by atoms with Crippen molar-refractivity contribution in [2.45, 2.75) is 38.3 Å². The van der Waals surface area contributed by atoms with Crippen LogP contribution in [0.1, 0.15) is 19.8 Å². The van der Waals surface area contributed by atoms with Gasteiger partial charge in [0.2, 0.25) is 0 Å². The van der Waals surface area contributed by atoms with E-state index in [4.69, 9.17) is 9.84 Å². The molecular formula is C8H14O5. The monoisotopic (exact) mass is 190 g/mol. The van der Waals surface area contributed by atoms with E-state index in [1.807, 2.05) is 0 Å². The second-order valence-corrected chi connectivity index (χ2v) is 3.08. The van der Waals surface area contributed by atoms with E-state index in [-0.39, 0.29) is 6.61 Å². The quantitative estimate of drug-likeness (QED) is 0.569. The minimum atomic E-state index is -0.857. The van der Waals surface area contributed by atoms with Gasteiger partial charge < -0.3 is 19.7 Å². The van der Waals surface area contributed by atoms with Gasteiger partial charge in [0.15, 0.2) is 6.29 Å². The first-order valence-electron chi connectivity index (χ1n) is 4.24. The Morgan fingerprint density at radius 2 is 2.23 bits per heavy atom. The number of hydrogen-bond donors (Lipinski definition) is 2. The third-order valence-corrected chi connectivity index (χ3v) is 1.92. The summed E-state index contributed by atoms with van der Waals surface area (Å²) in [6.07, 6.45) is -1.25.